The number of nitro benzene ring substituents is 1. The highest BCUT2D eigenvalue weighted by Gasteiger charge is 2.23. The Labute approximate surface area is 181 Å². The molecule has 0 spiro atoms. The molecule has 9 heteroatoms. The quantitative estimate of drug-likeness (QED) is 0.496. The van der Waals surface area contributed by atoms with Crippen LogP contribution >= 0.6 is 0 Å². The first-order chi connectivity index (χ1) is 14.8. The fraction of sp³-hybridized carbons (Fsp3) is 0.364. The molecule has 1 aliphatic heterocycles. The van der Waals surface area contributed by atoms with Crippen molar-refractivity contribution < 1.29 is 19.2 Å². The van der Waals surface area contributed by atoms with E-state index >= 15 is 0 Å². The Balaban J connectivity index is 1.54. The van der Waals surface area contributed by atoms with Crippen molar-refractivity contribution in [3.8, 4) is 5.75 Å². The molecule has 0 atom stereocenters. The zero-order chi connectivity index (χ0) is 22.4. The molecule has 2 aromatic carbocycles. The average molecular weight is 426 g/mol. The van der Waals surface area contributed by atoms with Gasteiger partial charge < -0.3 is 14.5 Å². The Hall–Kier alpha value is -3.46. The zero-order valence-electron chi connectivity index (χ0n) is 17.7. The summed E-state index contributed by atoms with van der Waals surface area (Å²) >= 11 is 0. The van der Waals surface area contributed by atoms with Crippen molar-refractivity contribution >= 4 is 17.5 Å². The number of likely N-dealkylation sites (N-methyl/N-ethyl adjacent to an activating group) is 1. The van der Waals surface area contributed by atoms with Crippen LogP contribution in [0.4, 0.5) is 5.69 Å². The van der Waals surface area contributed by atoms with E-state index in [0.717, 1.165) is 5.56 Å². The van der Waals surface area contributed by atoms with Crippen LogP contribution in [0.25, 0.3) is 0 Å². The van der Waals surface area contributed by atoms with Crippen molar-refractivity contribution in [1.82, 2.24) is 14.7 Å². The molecule has 0 saturated carbocycles. The van der Waals surface area contributed by atoms with Gasteiger partial charge in [-0.15, -0.1) is 0 Å². The molecule has 9 nitrogen and oxygen atoms in total. The number of hydrogen-bond acceptors (Lipinski definition) is 6. The number of hydrogen-bond donors (Lipinski definition) is 0. The van der Waals surface area contributed by atoms with Crippen molar-refractivity contribution in [2.75, 3.05) is 46.9 Å². The van der Waals surface area contributed by atoms with E-state index in [1.54, 1.807) is 55.4 Å². The highest BCUT2D eigenvalue weighted by molar-refractivity contribution is 5.94. The Morgan fingerprint density at radius 2 is 1.77 bits per heavy atom. The van der Waals surface area contributed by atoms with Gasteiger partial charge in [-0.05, 0) is 23.8 Å². The van der Waals surface area contributed by atoms with Gasteiger partial charge in [-0.1, -0.05) is 18.2 Å². The monoisotopic (exact) mass is 426 g/mol. The minimum absolute atomic E-state index is 0.0824. The number of nitro groups is 1. The normalized spacial score (nSPS) is 14.2. The molecule has 164 valence electrons. The Kier molecular flexibility index (Phi) is 7.19. The van der Waals surface area contributed by atoms with Gasteiger partial charge in [0, 0.05) is 64.5 Å². The van der Waals surface area contributed by atoms with Crippen LogP contribution in [0, 0.1) is 10.1 Å². The van der Waals surface area contributed by atoms with E-state index in [0.29, 0.717) is 44.0 Å². The maximum atomic E-state index is 12.9. The maximum Gasteiger partial charge on any atom is 0.269 e. The lowest BCUT2D eigenvalue weighted by molar-refractivity contribution is -0.384. The number of carbonyl (C=O) groups excluding carboxylic acids is 2. The summed E-state index contributed by atoms with van der Waals surface area (Å²) in [7, 11) is 3.31. The van der Waals surface area contributed by atoms with E-state index in [9.17, 15) is 19.7 Å². The number of ether oxygens (including phenoxy) is 1. The Bertz CT molecular complexity index is 954. The number of nitrogens with zero attached hydrogens (tertiary/aromatic N) is 4. The van der Waals surface area contributed by atoms with E-state index in [1.165, 1.54) is 11.0 Å². The summed E-state index contributed by atoms with van der Waals surface area (Å²) in [4.78, 5) is 40.5. The molecule has 1 aliphatic rings. The second-order valence-electron chi connectivity index (χ2n) is 7.60. The Morgan fingerprint density at radius 3 is 2.45 bits per heavy atom. The molecule has 0 bridgehead atoms. The molecule has 0 N–H and O–H groups in total. The van der Waals surface area contributed by atoms with E-state index < -0.39 is 4.92 Å². The van der Waals surface area contributed by atoms with Gasteiger partial charge in [0.05, 0.1) is 4.92 Å². The number of non-ortho nitro benzene ring substituents is 1. The van der Waals surface area contributed by atoms with E-state index in [-0.39, 0.29) is 24.1 Å². The van der Waals surface area contributed by atoms with Gasteiger partial charge in [0.25, 0.3) is 17.5 Å². The van der Waals surface area contributed by atoms with E-state index in [4.69, 9.17) is 4.74 Å². The number of benzene rings is 2. The first kappa shape index (κ1) is 22.2. The van der Waals surface area contributed by atoms with Crippen molar-refractivity contribution in [2.24, 2.45) is 0 Å². The molecule has 3 rings (SSSR count). The lowest BCUT2D eigenvalue weighted by atomic mass is 10.1. The minimum atomic E-state index is -0.394. The molecule has 1 fully saturated rings. The fourth-order valence-corrected chi connectivity index (χ4v) is 3.31. The maximum absolute atomic E-state index is 12.9. The largest absolute Gasteiger partial charge is 0.484 e. The third-order valence-corrected chi connectivity index (χ3v) is 5.13. The van der Waals surface area contributed by atoms with Crippen molar-refractivity contribution in [1.29, 1.82) is 0 Å². The van der Waals surface area contributed by atoms with E-state index in [1.807, 2.05) is 6.07 Å². The highest BCUT2D eigenvalue weighted by atomic mass is 16.6. The van der Waals surface area contributed by atoms with Crippen LogP contribution in [-0.2, 0) is 11.3 Å². The lowest BCUT2D eigenvalue weighted by Gasteiger charge is -2.34. The van der Waals surface area contributed by atoms with Gasteiger partial charge >= 0.3 is 0 Å². The van der Waals surface area contributed by atoms with Gasteiger partial charge in [-0.25, -0.2) is 0 Å². The number of amides is 2. The average Bonchev–Trinajstić information content (AvgIpc) is 2.77. The van der Waals surface area contributed by atoms with E-state index in [2.05, 4.69) is 4.90 Å². The third kappa shape index (κ3) is 6.02. The summed E-state index contributed by atoms with van der Waals surface area (Å²) < 4.78 is 5.50. The molecular formula is C22H26N4O5. The highest BCUT2D eigenvalue weighted by Crippen LogP contribution is 2.18. The molecular weight excluding hydrogens is 400 g/mol. The van der Waals surface area contributed by atoms with Crippen LogP contribution < -0.4 is 4.74 Å². The summed E-state index contributed by atoms with van der Waals surface area (Å²) in [5, 5.41) is 10.9. The van der Waals surface area contributed by atoms with Gasteiger partial charge in [-0.3, -0.25) is 24.6 Å². The lowest BCUT2D eigenvalue weighted by Crippen LogP contribution is -2.48. The van der Waals surface area contributed by atoms with Crippen LogP contribution in [0.1, 0.15) is 15.9 Å². The summed E-state index contributed by atoms with van der Waals surface area (Å²) in [5.41, 5.74) is 1.48. The predicted octanol–water partition coefficient (Wildman–Crippen LogP) is 2.02. The summed E-state index contributed by atoms with van der Waals surface area (Å²) in [5.74, 6) is 0.237. The summed E-state index contributed by atoms with van der Waals surface area (Å²) in [6.45, 7) is 3.02. The SMILES string of the molecule is CN(C)C(=O)COc1cccc(C(=O)N2CCN(Cc3cccc([N+](=O)[O-])c3)CC2)c1. The third-order valence-electron chi connectivity index (χ3n) is 5.13. The predicted molar refractivity (Wildman–Crippen MR) is 115 cm³/mol. The van der Waals surface area contributed by atoms with Crippen LogP contribution in [-0.4, -0.2) is 78.3 Å². The molecule has 0 aromatic heterocycles. The van der Waals surface area contributed by atoms with Crippen LogP contribution in [0.2, 0.25) is 0 Å². The molecule has 0 radical (unpaired) electrons. The molecule has 1 heterocycles. The van der Waals surface area contributed by atoms with Gasteiger partial charge in [-0.2, -0.15) is 0 Å². The van der Waals surface area contributed by atoms with Crippen LogP contribution in [0.15, 0.2) is 48.5 Å². The fourth-order valence-electron chi connectivity index (χ4n) is 3.31. The molecule has 1 saturated heterocycles. The van der Waals surface area contributed by atoms with Crippen LogP contribution in [0.3, 0.4) is 0 Å². The molecule has 0 aliphatic carbocycles. The topological polar surface area (TPSA) is 96.2 Å². The molecule has 2 aromatic rings. The first-order valence-corrected chi connectivity index (χ1v) is 10.0. The number of piperazine rings is 1. The smallest absolute Gasteiger partial charge is 0.269 e. The summed E-state index contributed by atoms with van der Waals surface area (Å²) in [6, 6.07) is 13.5. The van der Waals surface area contributed by atoms with Crippen molar-refractivity contribution in [3.05, 3.63) is 69.8 Å². The van der Waals surface area contributed by atoms with Gasteiger partial charge in [0.2, 0.25) is 0 Å². The Morgan fingerprint density at radius 1 is 1.06 bits per heavy atom. The minimum Gasteiger partial charge on any atom is -0.484 e. The van der Waals surface area contributed by atoms with Gasteiger partial charge in [0.1, 0.15) is 5.75 Å². The second kappa shape index (κ2) is 10.0. The van der Waals surface area contributed by atoms with Crippen molar-refractivity contribution in [2.45, 2.75) is 6.54 Å². The van der Waals surface area contributed by atoms with Crippen LogP contribution in [0.5, 0.6) is 5.75 Å². The molecule has 2 amide bonds. The standard InChI is InChI=1S/C22H26N4O5/c1-23(2)21(27)16-31-20-8-4-6-18(14-20)22(28)25-11-9-24(10-12-25)15-17-5-3-7-19(13-17)26(29)30/h3-8,13-14H,9-12,15-16H2,1-2H3. The molecule has 31 heavy (non-hydrogen) atoms. The molecule has 0 unspecified atom stereocenters. The second-order valence-corrected chi connectivity index (χ2v) is 7.60. The van der Waals surface area contributed by atoms with Crippen molar-refractivity contribution in [3.63, 3.8) is 0 Å². The number of carbonyl (C=O) groups is 2. The number of rotatable bonds is 7. The zero-order valence-corrected chi connectivity index (χ0v) is 17.7. The summed E-state index contributed by atoms with van der Waals surface area (Å²) in [6.07, 6.45) is 0. The van der Waals surface area contributed by atoms with Gasteiger partial charge in [0.15, 0.2) is 6.61 Å². The first-order valence-electron chi connectivity index (χ1n) is 10.0.